The number of likely N-dealkylation sites (tertiary alicyclic amines) is 1. The van der Waals surface area contributed by atoms with E-state index in [1.54, 1.807) is 30.2 Å². The molecule has 1 aliphatic heterocycles. The highest BCUT2D eigenvalue weighted by Crippen LogP contribution is 2.36. The zero-order valence-electron chi connectivity index (χ0n) is 14.2. The van der Waals surface area contributed by atoms with E-state index >= 15 is 0 Å². The van der Waals surface area contributed by atoms with E-state index in [0.717, 1.165) is 25.7 Å². The number of piperidine rings is 1. The Morgan fingerprint density at radius 3 is 2.62 bits per heavy atom. The highest BCUT2D eigenvalue weighted by molar-refractivity contribution is 6.01. The quantitative estimate of drug-likeness (QED) is 0.829. The maximum atomic E-state index is 12.9. The Morgan fingerprint density at radius 1 is 1.25 bits per heavy atom. The highest BCUT2D eigenvalue weighted by atomic mass is 16.5. The number of carbonyl (C=O) groups is 2. The number of amides is 1. The maximum Gasteiger partial charge on any atom is 0.242 e. The predicted molar refractivity (Wildman–Crippen MR) is 89.3 cm³/mol. The van der Waals surface area contributed by atoms with Crippen LogP contribution in [0.2, 0.25) is 0 Å². The van der Waals surface area contributed by atoms with Crippen LogP contribution in [0.25, 0.3) is 0 Å². The Kier molecular flexibility index (Phi) is 4.49. The van der Waals surface area contributed by atoms with Gasteiger partial charge in [0, 0.05) is 25.1 Å². The molecule has 24 heavy (non-hydrogen) atoms. The molecule has 2 N–H and O–H groups in total. The standard InChI is InChI=1S/C18H24N2O4/c1-23-13-5-6-14(15(10-13)24-2)16(21)12-4-3-9-20(11-12)17(22)18(19)7-8-18/h5-6,10,12H,3-4,7-9,11,19H2,1-2H3/t12-/m0/s1. The number of hydrogen-bond donors (Lipinski definition) is 1. The van der Waals surface area contributed by atoms with Gasteiger partial charge in [-0.05, 0) is 37.8 Å². The molecule has 3 rings (SSSR count). The SMILES string of the molecule is COc1ccc(C(=O)[C@H]2CCCN(C(=O)C3(N)CC3)C2)c(OC)c1. The van der Waals surface area contributed by atoms with Gasteiger partial charge in [-0.3, -0.25) is 9.59 Å². The molecule has 1 saturated carbocycles. The second-order valence-corrected chi connectivity index (χ2v) is 6.68. The summed E-state index contributed by atoms with van der Waals surface area (Å²) in [5.41, 5.74) is 5.88. The highest BCUT2D eigenvalue weighted by Gasteiger charge is 2.49. The van der Waals surface area contributed by atoms with Crippen molar-refractivity contribution in [2.24, 2.45) is 11.7 Å². The Hall–Kier alpha value is -2.08. The first-order valence-electron chi connectivity index (χ1n) is 8.33. The molecule has 1 saturated heterocycles. The van der Waals surface area contributed by atoms with Crippen LogP contribution in [-0.2, 0) is 4.79 Å². The summed E-state index contributed by atoms with van der Waals surface area (Å²) in [5, 5.41) is 0. The third-order valence-electron chi connectivity index (χ3n) is 4.97. The minimum Gasteiger partial charge on any atom is -0.497 e. The van der Waals surface area contributed by atoms with Crippen molar-refractivity contribution in [2.75, 3.05) is 27.3 Å². The molecule has 1 heterocycles. The molecule has 1 atom stereocenters. The predicted octanol–water partition coefficient (Wildman–Crippen LogP) is 1.62. The third kappa shape index (κ3) is 3.11. The number of carbonyl (C=O) groups excluding carboxylic acids is 2. The number of hydrogen-bond acceptors (Lipinski definition) is 5. The van der Waals surface area contributed by atoms with Crippen molar-refractivity contribution in [2.45, 2.75) is 31.2 Å². The zero-order valence-corrected chi connectivity index (χ0v) is 14.2. The second kappa shape index (κ2) is 6.43. The van der Waals surface area contributed by atoms with E-state index in [4.69, 9.17) is 15.2 Å². The molecular weight excluding hydrogens is 308 g/mol. The minimum atomic E-state index is -0.678. The van der Waals surface area contributed by atoms with Crippen LogP contribution in [0, 0.1) is 5.92 Å². The second-order valence-electron chi connectivity index (χ2n) is 6.68. The van der Waals surface area contributed by atoms with Gasteiger partial charge in [0.05, 0.1) is 25.3 Å². The van der Waals surface area contributed by atoms with E-state index in [1.165, 1.54) is 7.11 Å². The van der Waals surface area contributed by atoms with Gasteiger partial charge in [-0.1, -0.05) is 0 Å². The molecule has 130 valence electrons. The molecule has 1 amide bonds. The van der Waals surface area contributed by atoms with Crippen LogP contribution in [0.1, 0.15) is 36.0 Å². The minimum absolute atomic E-state index is 0.00821. The van der Waals surface area contributed by atoms with Gasteiger partial charge in [-0.25, -0.2) is 0 Å². The molecule has 1 aromatic carbocycles. The molecule has 2 fully saturated rings. The van der Waals surface area contributed by atoms with Gasteiger partial charge < -0.3 is 20.1 Å². The summed E-state index contributed by atoms with van der Waals surface area (Å²) in [6, 6.07) is 5.19. The fourth-order valence-corrected chi connectivity index (χ4v) is 3.26. The van der Waals surface area contributed by atoms with Crippen molar-refractivity contribution in [1.29, 1.82) is 0 Å². The van der Waals surface area contributed by atoms with Crippen LogP contribution >= 0.6 is 0 Å². The average Bonchev–Trinajstić information content (AvgIpc) is 3.38. The zero-order chi connectivity index (χ0) is 17.3. The number of ether oxygens (including phenoxy) is 2. The van der Waals surface area contributed by atoms with Crippen LogP contribution in [0.4, 0.5) is 0 Å². The lowest BCUT2D eigenvalue weighted by molar-refractivity contribution is -0.135. The molecule has 6 nitrogen and oxygen atoms in total. The van der Waals surface area contributed by atoms with E-state index < -0.39 is 5.54 Å². The Labute approximate surface area is 141 Å². The van der Waals surface area contributed by atoms with E-state index in [1.807, 2.05) is 0 Å². The van der Waals surface area contributed by atoms with Gasteiger partial charge in [-0.15, -0.1) is 0 Å². The van der Waals surface area contributed by atoms with Crippen molar-refractivity contribution in [1.82, 2.24) is 4.90 Å². The van der Waals surface area contributed by atoms with Gasteiger partial charge in [0.25, 0.3) is 0 Å². The van der Waals surface area contributed by atoms with Crippen LogP contribution in [0.15, 0.2) is 18.2 Å². The number of nitrogens with zero attached hydrogens (tertiary/aromatic N) is 1. The third-order valence-corrected chi connectivity index (χ3v) is 4.97. The van der Waals surface area contributed by atoms with E-state index in [2.05, 4.69) is 0 Å². The van der Waals surface area contributed by atoms with Crippen molar-refractivity contribution >= 4 is 11.7 Å². The van der Waals surface area contributed by atoms with Crippen LogP contribution in [0.5, 0.6) is 11.5 Å². The van der Waals surface area contributed by atoms with Gasteiger partial charge in [0.2, 0.25) is 5.91 Å². The molecular formula is C18H24N2O4. The number of nitrogens with two attached hydrogens (primary N) is 1. The van der Waals surface area contributed by atoms with Gasteiger partial charge in [0.15, 0.2) is 5.78 Å². The smallest absolute Gasteiger partial charge is 0.242 e. The Balaban J connectivity index is 1.76. The largest absolute Gasteiger partial charge is 0.497 e. The van der Waals surface area contributed by atoms with Crippen molar-refractivity contribution in [3.05, 3.63) is 23.8 Å². The summed E-state index contributed by atoms with van der Waals surface area (Å²) in [5.74, 6) is 0.922. The molecule has 6 heteroatoms. The number of Topliss-reactive ketones (excluding diaryl/α,β-unsaturated/α-hetero) is 1. The lowest BCUT2D eigenvalue weighted by atomic mass is 9.89. The van der Waals surface area contributed by atoms with Crippen molar-refractivity contribution < 1.29 is 19.1 Å². The fraction of sp³-hybridized carbons (Fsp3) is 0.556. The molecule has 2 aliphatic rings. The van der Waals surface area contributed by atoms with Crippen molar-refractivity contribution in [3.63, 3.8) is 0 Å². The normalized spacial score (nSPS) is 22.0. The molecule has 0 aromatic heterocycles. The van der Waals surface area contributed by atoms with E-state index in [-0.39, 0.29) is 17.6 Å². The number of rotatable bonds is 5. The van der Waals surface area contributed by atoms with Crippen molar-refractivity contribution in [3.8, 4) is 11.5 Å². The number of methoxy groups -OCH3 is 2. The first-order chi connectivity index (χ1) is 11.5. The summed E-state index contributed by atoms with van der Waals surface area (Å²) in [6.07, 6.45) is 3.08. The van der Waals surface area contributed by atoms with Gasteiger partial charge >= 0.3 is 0 Å². The van der Waals surface area contributed by atoms with Crippen LogP contribution in [0.3, 0.4) is 0 Å². The monoisotopic (exact) mass is 332 g/mol. The molecule has 0 spiro atoms. The van der Waals surface area contributed by atoms with Crippen LogP contribution < -0.4 is 15.2 Å². The molecule has 1 aromatic rings. The fourth-order valence-electron chi connectivity index (χ4n) is 3.26. The van der Waals surface area contributed by atoms with E-state index in [9.17, 15) is 9.59 Å². The molecule has 0 radical (unpaired) electrons. The van der Waals surface area contributed by atoms with Crippen LogP contribution in [-0.4, -0.2) is 49.4 Å². The lowest BCUT2D eigenvalue weighted by Crippen LogP contribution is -2.50. The molecule has 0 bridgehead atoms. The first-order valence-corrected chi connectivity index (χ1v) is 8.33. The molecule has 0 unspecified atom stereocenters. The summed E-state index contributed by atoms with van der Waals surface area (Å²) >= 11 is 0. The van der Waals surface area contributed by atoms with E-state index in [0.29, 0.717) is 30.2 Å². The maximum absolute atomic E-state index is 12.9. The number of ketones is 1. The Morgan fingerprint density at radius 2 is 2.00 bits per heavy atom. The number of benzene rings is 1. The summed E-state index contributed by atoms with van der Waals surface area (Å²) < 4.78 is 10.5. The summed E-state index contributed by atoms with van der Waals surface area (Å²) in [4.78, 5) is 27.1. The molecule has 1 aliphatic carbocycles. The first kappa shape index (κ1) is 16.8. The summed E-state index contributed by atoms with van der Waals surface area (Å²) in [7, 11) is 3.11. The van der Waals surface area contributed by atoms with Gasteiger partial charge in [0.1, 0.15) is 11.5 Å². The van der Waals surface area contributed by atoms with Gasteiger partial charge in [-0.2, -0.15) is 0 Å². The average molecular weight is 332 g/mol. The summed E-state index contributed by atoms with van der Waals surface area (Å²) in [6.45, 7) is 1.12. The lowest BCUT2D eigenvalue weighted by Gasteiger charge is -2.34. The Bertz CT molecular complexity index is 654. The topological polar surface area (TPSA) is 81.9 Å².